The van der Waals surface area contributed by atoms with E-state index in [1.165, 1.54) is 4.31 Å². The zero-order valence-electron chi connectivity index (χ0n) is 14.5. The van der Waals surface area contributed by atoms with E-state index in [2.05, 4.69) is 23.9 Å². The van der Waals surface area contributed by atoms with Crippen molar-refractivity contribution in [2.45, 2.75) is 51.0 Å². The van der Waals surface area contributed by atoms with Crippen LogP contribution in [-0.2, 0) is 4.79 Å². The number of carbonyl (C=O) groups is 1. The van der Waals surface area contributed by atoms with E-state index in [4.69, 9.17) is 0 Å². The summed E-state index contributed by atoms with van der Waals surface area (Å²) >= 11 is 1.03. The number of phenols is 1. The fraction of sp³-hybridized carbons (Fsp3) is 0.611. The molecule has 3 N–H and O–H groups in total. The van der Waals surface area contributed by atoms with Gasteiger partial charge in [-0.15, -0.1) is 0 Å². The van der Waals surface area contributed by atoms with Gasteiger partial charge in [0, 0.05) is 12.0 Å². The van der Waals surface area contributed by atoms with Gasteiger partial charge in [0.05, 0.1) is 12.1 Å². The van der Waals surface area contributed by atoms with Crippen molar-refractivity contribution in [2.24, 2.45) is 5.92 Å². The molecule has 0 unspecified atom stereocenters. The van der Waals surface area contributed by atoms with Crippen LogP contribution in [0.4, 0.5) is 10.1 Å². The van der Waals surface area contributed by atoms with Gasteiger partial charge in [-0.05, 0) is 54.8 Å². The third kappa shape index (κ3) is 2.87. The summed E-state index contributed by atoms with van der Waals surface area (Å²) in [6.45, 7) is 5.41. The number of anilines is 1. The van der Waals surface area contributed by atoms with E-state index in [1.807, 2.05) is 0 Å². The second-order valence-electron chi connectivity index (χ2n) is 7.73. The fourth-order valence-electron chi connectivity index (χ4n) is 4.43. The first-order chi connectivity index (χ1) is 12.0. The van der Waals surface area contributed by atoms with Gasteiger partial charge in [-0.2, -0.15) is 0 Å². The molecule has 1 saturated heterocycles. The first-order valence-electron chi connectivity index (χ1n) is 8.97. The summed E-state index contributed by atoms with van der Waals surface area (Å²) in [7, 11) is 0. The standard InChI is InChI=1S/C18H24FN3O2S/c1-9(2)3-4-20-13-6-10-5-12(13)16-11(10)7-14(23)18(17(16)19)22-8-15(24)21-25-22/h7,9-10,12-13,20,23H,3-6,8H2,1-2H3,(H,21,24)/t10-,12+,13-/m1/s1. The van der Waals surface area contributed by atoms with Gasteiger partial charge in [0.1, 0.15) is 18.0 Å². The number of benzene rings is 1. The minimum absolute atomic E-state index is 0.0537. The van der Waals surface area contributed by atoms with Crippen LogP contribution in [0.5, 0.6) is 5.75 Å². The van der Waals surface area contributed by atoms with Gasteiger partial charge in [0.15, 0.2) is 5.82 Å². The van der Waals surface area contributed by atoms with Gasteiger partial charge < -0.3 is 10.4 Å². The number of rotatable bonds is 5. The van der Waals surface area contributed by atoms with E-state index in [9.17, 15) is 9.90 Å². The summed E-state index contributed by atoms with van der Waals surface area (Å²) in [5, 5.41) is 14.0. The van der Waals surface area contributed by atoms with Crippen LogP contribution < -0.4 is 14.3 Å². The number of phenolic OH excluding ortho intramolecular Hbond substituents is 1. The minimum Gasteiger partial charge on any atom is -0.506 e. The Balaban J connectivity index is 1.61. The molecule has 5 nitrogen and oxygen atoms in total. The lowest BCUT2D eigenvalue weighted by Gasteiger charge is -2.28. The molecule has 1 aromatic carbocycles. The lowest BCUT2D eigenvalue weighted by atomic mass is 9.87. The Kier molecular flexibility index (Phi) is 4.32. The average molecular weight is 365 g/mol. The van der Waals surface area contributed by atoms with E-state index in [0.29, 0.717) is 17.9 Å². The molecule has 1 aliphatic heterocycles. The number of fused-ring (bicyclic) bond motifs is 5. The molecule has 3 aliphatic rings. The van der Waals surface area contributed by atoms with Gasteiger partial charge in [0.2, 0.25) is 0 Å². The predicted octanol–water partition coefficient (Wildman–Crippen LogP) is 3.01. The molecule has 2 fully saturated rings. The maximum atomic E-state index is 15.3. The van der Waals surface area contributed by atoms with Crippen molar-refractivity contribution in [1.29, 1.82) is 0 Å². The Morgan fingerprint density at radius 3 is 2.96 bits per heavy atom. The van der Waals surface area contributed by atoms with Crippen LogP contribution >= 0.6 is 12.1 Å². The number of aromatic hydroxyl groups is 1. The third-order valence-corrected chi connectivity index (χ3v) is 6.45. The Bertz CT molecular complexity index is 712. The molecule has 7 heteroatoms. The van der Waals surface area contributed by atoms with Gasteiger partial charge in [-0.25, -0.2) is 4.39 Å². The summed E-state index contributed by atoms with van der Waals surface area (Å²) in [5.74, 6) is 0.508. The fourth-order valence-corrected chi connectivity index (χ4v) is 5.15. The zero-order chi connectivity index (χ0) is 17.7. The van der Waals surface area contributed by atoms with Gasteiger partial charge in [-0.3, -0.25) is 13.8 Å². The van der Waals surface area contributed by atoms with Crippen LogP contribution in [0.25, 0.3) is 0 Å². The molecule has 1 saturated carbocycles. The number of hydrogen-bond donors (Lipinski definition) is 3. The Morgan fingerprint density at radius 2 is 2.28 bits per heavy atom. The third-order valence-electron chi connectivity index (χ3n) is 5.60. The smallest absolute Gasteiger partial charge is 0.251 e. The summed E-state index contributed by atoms with van der Waals surface area (Å²) in [5.41, 5.74) is 1.83. The molecule has 25 heavy (non-hydrogen) atoms. The highest BCUT2D eigenvalue weighted by Crippen LogP contribution is 2.57. The highest BCUT2D eigenvalue weighted by Gasteiger charge is 2.47. The average Bonchev–Trinajstić information content (AvgIpc) is 3.22. The predicted molar refractivity (Wildman–Crippen MR) is 97.1 cm³/mol. The van der Waals surface area contributed by atoms with Crippen molar-refractivity contribution in [2.75, 3.05) is 17.4 Å². The Labute approximate surface area is 151 Å². The van der Waals surface area contributed by atoms with E-state index in [1.54, 1.807) is 6.07 Å². The summed E-state index contributed by atoms with van der Waals surface area (Å²) in [6.07, 6.45) is 3.06. The van der Waals surface area contributed by atoms with E-state index in [0.717, 1.165) is 49.1 Å². The van der Waals surface area contributed by atoms with Crippen molar-refractivity contribution in [3.63, 3.8) is 0 Å². The van der Waals surface area contributed by atoms with Gasteiger partial charge in [-0.1, -0.05) is 13.8 Å². The minimum atomic E-state index is -0.359. The van der Waals surface area contributed by atoms with Crippen LogP contribution in [0.2, 0.25) is 0 Å². The topological polar surface area (TPSA) is 64.6 Å². The number of nitrogens with zero attached hydrogens (tertiary/aromatic N) is 1. The monoisotopic (exact) mass is 365 g/mol. The molecule has 1 heterocycles. The molecular weight excluding hydrogens is 341 g/mol. The normalized spacial score (nSPS) is 27.3. The first kappa shape index (κ1) is 17.0. The number of halogens is 1. The molecule has 0 aromatic heterocycles. The highest BCUT2D eigenvalue weighted by atomic mass is 32.2. The van der Waals surface area contributed by atoms with Gasteiger partial charge >= 0.3 is 0 Å². The SMILES string of the molecule is CC(C)CCN[C@@H]1C[C@H]2C[C@@H]1c1c2cc(O)c(N2CC(=O)NS2)c1F. The van der Waals surface area contributed by atoms with Crippen LogP contribution in [0, 0.1) is 11.7 Å². The molecule has 2 bridgehead atoms. The Morgan fingerprint density at radius 1 is 1.48 bits per heavy atom. The molecular formula is C18H24FN3O2S. The van der Waals surface area contributed by atoms with Crippen LogP contribution in [-0.4, -0.2) is 30.1 Å². The quantitative estimate of drug-likeness (QED) is 0.700. The number of hydrogen-bond acceptors (Lipinski definition) is 5. The van der Waals surface area contributed by atoms with E-state index < -0.39 is 0 Å². The number of carbonyl (C=O) groups excluding carboxylic acids is 1. The maximum absolute atomic E-state index is 15.3. The maximum Gasteiger partial charge on any atom is 0.251 e. The van der Waals surface area contributed by atoms with Crippen LogP contribution in [0.3, 0.4) is 0 Å². The first-order valence-corrected chi connectivity index (χ1v) is 9.75. The molecule has 0 spiro atoms. The summed E-state index contributed by atoms with van der Waals surface area (Å²) in [4.78, 5) is 11.4. The second kappa shape index (κ2) is 6.36. The van der Waals surface area contributed by atoms with Crippen LogP contribution in [0.15, 0.2) is 6.07 Å². The van der Waals surface area contributed by atoms with E-state index >= 15 is 4.39 Å². The Hall–Kier alpha value is -1.47. The van der Waals surface area contributed by atoms with Crippen molar-refractivity contribution < 1.29 is 14.3 Å². The van der Waals surface area contributed by atoms with Crippen molar-refractivity contribution >= 4 is 23.7 Å². The van der Waals surface area contributed by atoms with E-state index in [-0.39, 0.29) is 35.6 Å². The molecule has 1 amide bonds. The molecule has 1 aromatic rings. The van der Waals surface area contributed by atoms with Crippen molar-refractivity contribution in [1.82, 2.24) is 10.0 Å². The van der Waals surface area contributed by atoms with Crippen molar-refractivity contribution in [3.05, 3.63) is 23.0 Å². The molecule has 136 valence electrons. The lowest BCUT2D eigenvalue weighted by Crippen LogP contribution is -2.34. The van der Waals surface area contributed by atoms with Crippen molar-refractivity contribution in [3.8, 4) is 5.75 Å². The largest absolute Gasteiger partial charge is 0.506 e. The molecule has 3 atom stereocenters. The zero-order valence-corrected chi connectivity index (χ0v) is 15.3. The van der Waals surface area contributed by atoms with Crippen LogP contribution in [0.1, 0.15) is 56.1 Å². The molecule has 0 radical (unpaired) electrons. The summed E-state index contributed by atoms with van der Waals surface area (Å²) < 4.78 is 19.4. The highest BCUT2D eigenvalue weighted by molar-refractivity contribution is 7.99. The molecule has 2 aliphatic carbocycles. The summed E-state index contributed by atoms with van der Waals surface area (Å²) in [6, 6.07) is 2.01. The number of nitrogens with one attached hydrogen (secondary N) is 2. The lowest BCUT2D eigenvalue weighted by molar-refractivity contribution is -0.117. The molecule has 4 rings (SSSR count). The second-order valence-corrected chi connectivity index (χ2v) is 8.56. The number of amides is 1. The van der Waals surface area contributed by atoms with Gasteiger partial charge in [0.25, 0.3) is 5.91 Å².